The van der Waals surface area contributed by atoms with Crippen LogP contribution in [-0.4, -0.2) is 59.8 Å². The number of ether oxygens (including phenoxy) is 1. The van der Waals surface area contributed by atoms with Gasteiger partial charge in [-0.2, -0.15) is 0 Å². The van der Waals surface area contributed by atoms with Gasteiger partial charge in [0.15, 0.2) is 23.2 Å². The third kappa shape index (κ3) is 2.79. The van der Waals surface area contributed by atoms with Crippen molar-refractivity contribution in [3.8, 4) is 0 Å². The molecule has 0 spiro atoms. The lowest BCUT2D eigenvalue weighted by Gasteiger charge is -2.16. The predicted molar refractivity (Wildman–Crippen MR) is 93.1 cm³/mol. The minimum Gasteiger partial charge on any atom is -0.394 e. The Kier molecular flexibility index (Phi) is 4.47. The van der Waals surface area contributed by atoms with Crippen molar-refractivity contribution < 1.29 is 20.1 Å². The molecular weight excluding hydrogens is 362 g/mol. The first-order chi connectivity index (χ1) is 12.6. The van der Waals surface area contributed by atoms with E-state index >= 15 is 0 Å². The largest absolute Gasteiger partial charge is 0.394 e. The molecule has 9 nitrogen and oxygen atoms in total. The van der Waals surface area contributed by atoms with Crippen molar-refractivity contribution >= 4 is 34.3 Å². The number of hydrogen-bond acceptors (Lipinski definition) is 8. The van der Waals surface area contributed by atoms with Crippen molar-refractivity contribution in [2.24, 2.45) is 0 Å². The summed E-state index contributed by atoms with van der Waals surface area (Å²) in [6.07, 6.45) is -1.44. The van der Waals surface area contributed by atoms with Gasteiger partial charge < -0.3 is 25.4 Å². The molecule has 0 bridgehead atoms. The minimum absolute atomic E-state index is 0.407. The molecule has 2 aromatic heterocycles. The molecule has 1 aromatic carbocycles. The average Bonchev–Trinajstić information content (AvgIpc) is 3.19. The van der Waals surface area contributed by atoms with E-state index in [-0.39, 0.29) is 0 Å². The van der Waals surface area contributed by atoms with Gasteiger partial charge in [-0.15, -0.1) is 0 Å². The Bertz CT molecular complexity index is 936. The molecule has 0 unspecified atom stereocenters. The third-order valence-electron chi connectivity index (χ3n) is 4.28. The molecule has 0 amide bonds. The zero-order chi connectivity index (χ0) is 18.3. The molecule has 4 atom stereocenters. The maximum atomic E-state index is 10.2. The second-order valence-electron chi connectivity index (χ2n) is 5.88. The van der Waals surface area contributed by atoms with E-state index in [1.165, 1.54) is 17.2 Å². The van der Waals surface area contributed by atoms with Gasteiger partial charge in [0, 0.05) is 0 Å². The monoisotopic (exact) mass is 377 g/mol. The van der Waals surface area contributed by atoms with Crippen LogP contribution in [0.25, 0.3) is 11.2 Å². The number of fused-ring (bicyclic) bond motifs is 1. The van der Waals surface area contributed by atoms with Crippen LogP contribution in [0.3, 0.4) is 0 Å². The van der Waals surface area contributed by atoms with Crippen LogP contribution in [0.5, 0.6) is 0 Å². The molecule has 1 aliphatic rings. The van der Waals surface area contributed by atoms with Gasteiger partial charge in [-0.05, 0) is 12.1 Å². The molecule has 1 saturated heterocycles. The zero-order valence-corrected chi connectivity index (χ0v) is 14.2. The predicted octanol–water partition coefficient (Wildman–Crippen LogP) is 0.835. The average molecular weight is 378 g/mol. The standard InChI is InChI=1S/C16H16ClN5O4/c17-8-3-1-2-4-9(8)21-14-11-15(19-6-18-14)22(7-20-11)16-13(25)12(24)10(5-23)26-16/h1-4,6-7,10,12-13,16,23-25H,5H2,(H,18,19,21)/t10-,12+,13-,16+/m0/s1. The lowest BCUT2D eigenvalue weighted by molar-refractivity contribution is -0.0511. The highest BCUT2D eigenvalue weighted by Crippen LogP contribution is 2.33. The molecule has 0 aliphatic carbocycles. The maximum absolute atomic E-state index is 10.2. The number of imidazole rings is 1. The van der Waals surface area contributed by atoms with Gasteiger partial charge in [-0.25, -0.2) is 15.0 Å². The highest BCUT2D eigenvalue weighted by Gasteiger charge is 2.44. The van der Waals surface area contributed by atoms with Crippen molar-refractivity contribution in [3.05, 3.63) is 41.9 Å². The van der Waals surface area contributed by atoms with Gasteiger partial charge in [0.1, 0.15) is 24.6 Å². The molecule has 0 saturated carbocycles. The number of aliphatic hydroxyl groups is 3. The van der Waals surface area contributed by atoms with E-state index in [9.17, 15) is 15.3 Å². The molecule has 4 N–H and O–H groups in total. The van der Waals surface area contributed by atoms with Crippen LogP contribution in [-0.2, 0) is 4.74 Å². The number of halogens is 1. The van der Waals surface area contributed by atoms with Crippen molar-refractivity contribution in [3.63, 3.8) is 0 Å². The Morgan fingerprint density at radius 3 is 2.69 bits per heavy atom. The molecule has 136 valence electrons. The highest BCUT2D eigenvalue weighted by molar-refractivity contribution is 6.33. The fourth-order valence-corrected chi connectivity index (χ4v) is 3.11. The van der Waals surface area contributed by atoms with Crippen molar-refractivity contribution in [2.45, 2.75) is 24.5 Å². The van der Waals surface area contributed by atoms with Crippen molar-refractivity contribution in [1.29, 1.82) is 0 Å². The molecule has 1 fully saturated rings. The number of para-hydroxylation sites is 1. The zero-order valence-electron chi connectivity index (χ0n) is 13.4. The van der Waals surface area contributed by atoms with Crippen molar-refractivity contribution in [1.82, 2.24) is 19.5 Å². The van der Waals surface area contributed by atoms with Gasteiger partial charge in [-0.3, -0.25) is 4.57 Å². The van der Waals surface area contributed by atoms with Crippen LogP contribution >= 0.6 is 11.6 Å². The molecule has 10 heteroatoms. The molecule has 0 radical (unpaired) electrons. The summed E-state index contributed by atoms with van der Waals surface area (Å²) in [5.74, 6) is 0.439. The van der Waals surface area contributed by atoms with Crippen LogP contribution in [0.4, 0.5) is 11.5 Å². The normalized spacial score (nSPS) is 25.7. The lowest BCUT2D eigenvalue weighted by atomic mass is 10.1. The summed E-state index contributed by atoms with van der Waals surface area (Å²) in [7, 11) is 0. The van der Waals surface area contributed by atoms with Crippen molar-refractivity contribution in [2.75, 3.05) is 11.9 Å². The maximum Gasteiger partial charge on any atom is 0.167 e. The fourth-order valence-electron chi connectivity index (χ4n) is 2.93. The van der Waals surface area contributed by atoms with E-state index in [1.54, 1.807) is 12.1 Å². The van der Waals surface area contributed by atoms with Crippen LogP contribution in [0.15, 0.2) is 36.9 Å². The summed E-state index contributed by atoms with van der Waals surface area (Å²) in [6, 6.07) is 7.21. The molecule has 1 aliphatic heterocycles. The number of nitrogens with one attached hydrogen (secondary N) is 1. The van der Waals surface area contributed by atoms with Gasteiger partial charge >= 0.3 is 0 Å². The Labute approximate surface area is 152 Å². The molecule has 4 rings (SSSR count). The number of anilines is 2. The van der Waals surface area contributed by atoms with Gasteiger partial charge in [0.25, 0.3) is 0 Å². The van der Waals surface area contributed by atoms with Crippen LogP contribution < -0.4 is 5.32 Å². The van der Waals surface area contributed by atoms with E-state index in [2.05, 4.69) is 20.3 Å². The number of aliphatic hydroxyl groups excluding tert-OH is 3. The first-order valence-electron chi connectivity index (χ1n) is 7.91. The number of rotatable bonds is 4. The van der Waals surface area contributed by atoms with E-state index in [0.717, 1.165) is 0 Å². The second kappa shape index (κ2) is 6.78. The number of nitrogens with zero attached hydrogens (tertiary/aromatic N) is 4. The summed E-state index contributed by atoms with van der Waals surface area (Å²) in [5, 5.41) is 33.1. The summed E-state index contributed by atoms with van der Waals surface area (Å²) in [4.78, 5) is 12.7. The SMILES string of the molecule is OC[C@@H]1O[C@@H](n2cnc3c(Nc4ccccc4Cl)ncnc32)[C@@H](O)[C@@H]1O. The minimum atomic E-state index is -1.22. The Morgan fingerprint density at radius 1 is 1.15 bits per heavy atom. The van der Waals surface area contributed by atoms with Crippen LogP contribution in [0, 0.1) is 0 Å². The van der Waals surface area contributed by atoms with Gasteiger partial charge in [0.05, 0.1) is 23.6 Å². The summed E-state index contributed by atoms with van der Waals surface area (Å²) < 4.78 is 7.03. The molecule has 3 aromatic rings. The van der Waals surface area contributed by atoms with E-state index < -0.39 is 31.1 Å². The van der Waals surface area contributed by atoms with Crippen LogP contribution in [0.2, 0.25) is 5.02 Å². The number of hydrogen-bond donors (Lipinski definition) is 4. The smallest absolute Gasteiger partial charge is 0.167 e. The molecule has 3 heterocycles. The summed E-state index contributed by atoms with van der Waals surface area (Å²) in [5.41, 5.74) is 1.52. The Balaban J connectivity index is 1.71. The fraction of sp³-hybridized carbons (Fsp3) is 0.312. The summed E-state index contributed by atoms with van der Waals surface area (Å²) >= 11 is 6.17. The second-order valence-corrected chi connectivity index (χ2v) is 6.29. The topological polar surface area (TPSA) is 126 Å². The lowest BCUT2D eigenvalue weighted by Crippen LogP contribution is -2.33. The Hall–Kier alpha value is -2.30. The number of aromatic nitrogens is 4. The first kappa shape index (κ1) is 17.1. The molecule has 26 heavy (non-hydrogen) atoms. The first-order valence-corrected chi connectivity index (χ1v) is 8.29. The summed E-state index contributed by atoms with van der Waals surface area (Å²) in [6.45, 7) is -0.407. The third-order valence-corrected chi connectivity index (χ3v) is 4.61. The quantitative estimate of drug-likeness (QED) is 0.527. The van der Waals surface area contributed by atoms with Gasteiger partial charge in [-0.1, -0.05) is 23.7 Å². The number of benzene rings is 1. The Morgan fingerprint density at radius 2 is 1.96 bits per heavy atom. The van der Waals surface area contributed by atoms with E-state index in [1.807, 2.05) is 12.1 Å². The molecular formula is C16H16ClN5O4. The highest BCUT2D eigenvalue weighted by atomic mass is 35.5. The van der Waals surface area contributed by atoms with Crippen LogP contribution in [0.1, 0.15) is 6.23 Å². The van der Waals surface area contributed by atoms with E-state index in [0.29, 0.717) is 27.7 Å². The van der Waals surface area contributed by atoms with Gasteiger partial charge in [0.2, 0.25) is 0 Å². The van der Waals surface area contributed by atoms with E-state index in [4.69, 9.17) is 16.3 Å².